The molecule has 1 unspecified atom stereocenters. The lowest BCUT2D eigenvalue weighted by atomic mass is 9.85. The summed E-state index contributed by atoms with van der Waals surface area (Å²) in [6, 6.07) is 0.414. The van der Waals surface area contributed by atoms with Gasteiger partial charge in [-0.3, -0.25) is 5.32 Å². The Morgan fingerprint density at radius 1 is 1.48 bits per heavy atom. The number of hydrogen-bond donors (Lipinski definition) is 2. The number of anilines is 1. The van der Waals surface area contributed by atoms with Crippen molar-refractivity contribution in [1.29, 1.82) is 0 Å². The van der Waals surface area contributed by atoms with Crippen molar-refractivity contribution in [3.63, 3.8) is 0 Å². The summed E-state index contributed by atoms with van der Waals surface area (Å²) in [4.78, 5) is 14.2. The number of piperazine rings is 1. The third-order valence-corrected chi connectivity index (χ3v) is 3.78. The van der Waals surface area contributed by atoms with E-state index in [1.165, 1.54) is 0 Å². The molecule has 1 aromatic rings. The average Bonchev–Trinajstić information content (AvgIpc) is 2.86. The number of aromatic nitrogens is 3. The van der Waals surface area contributed by atoms with E-state index in [9.17, 15) is 4.79 Å². The highest BCUT2D eigenvalue weighted by molar-refractivity contribution is 5.88. The molecule has 7 nitrogen and oxygen atoms in total. The Morgan fingerprint density at radius 3 is 2.76 bits per heavy atom. The molecule has 0 aliphatic carbocycles. The molecule has 1 aliphatic heterocycles. The van der Waals surface area contributed by atoms with E-state index in [1.807, 2.05) is 18.7 Å². The van der Waals surface area contributed by atoms with E-state index >= 15 is 0 Å². The fourth-order valence-corrected chi connectivity index (χ4v) is 2.29. The highest BCUT2D eigenvalue weighted by Crippen LogP contribution is 2.22. The molecule has 0 radical (unpaired) electrons. The molecule has 21 heavy (non-hydrogen) atoms. The van der Waals surface area contributed by atoms with Crippen LogP contribution in [0, 0.1) is 5.41 Å². The monoisotopic (exact) mass is 294 g/mol. The van der Waals surface area contributed by atoms with Crippen LogP contribution >= 0.6 is 0 Å². The minimum atomic E-state index is -0.110. The zero-order valence-corrected chi connectivity index (χ0v) is 13.6. The first-order valence-corrected chi connectivity index (χ1v) is 7.48. The van der Waals surface area contributed by atoms with E-state index in [0.717, 1.165) is 6.54 Å². The molecule has 2 N–H and O–H groups in total. The van der Waals surface area contributed by atoms with E-state index in [4.69, 9.17) is 0 Å². The highest BCUT2D eigenvalue weighted by Gasteiger charge is 2.31. The van der Waals surface area contributed by atoms with Gasteiger partial charge in [0, 0.05) is 31.7 Å². The normalized spacial score (nSPS) is 19.9. The molecule has 7 heteroatoms. The van der Waals surface area contributed by atoms with E-state index in [0.29, 0.717) is 24.9 Å². The maximum absolute atomic E-state index is 12.3. The first-order valence-electron chi connectivity index (χ1n) is 7.48. The number of carbonyl (C=O) groups is 1. The topological polar surface area (TPSA) is 75.1 Å². The Hall–Kier alpha value is -1.63. The summed E-state index contributed by atoms with van der Waals surface area (Å²) in [5.74, 6) is 0.500. The zero-order chi connectivity index (χ0) is 15.6. The molecular formula is C14H26N6O. The highest BCUT2D eigenvalue weighted by atomic mass is 16.2. The Balaban J connectivity index is 1.96. The second-order valence-electron chi connectivity index (χ2n) is 6.93. The van der Waals surface area contributed by atoms with Crippen LogP contribution in [-0.2, 0) is 0 Å². The summed E-state index contributed by atoms with van der Waals surface area (Å²) in [7, 11) is 0. The van der Waals surface area contributed by atoms with Crippen LogP contribution in [-0.4, -0.2) is 51.6 Å². The van der Waals surface area contributed by atoms with E-state index in [2.05, 4.69) is 41.7 Å². The fourth-order valence-electron chi connectivity index (χ4n) is 2.29. The van der Waals surface area contributed by atoms with Crippen LogP contribution in [0.3, 0.4) is 0 Å². The second kappa shape index (κ2) is 6.01. The fraction of sp³-hybridized carbons (Fsp3) is 0.786. The molecule has 2 rings (SSSR count). The second-order valence-corrected chi connectivity index (χ2v) is 6.93. The zero-order valence-electron chi connectivity index (χ0n) is 13.6. The van der Waals surface area contributed by atoms with Gasteiger partial charge in [-0.2, -0.15) is 0 Å². The van der Waals surface area contributed by atoms with Gasteiger partial charge in [0.25, 0.3) is 0 Å². The molecule has 0 aromatic carbocycles. The maximum atomic E-state index is 12.3. The Kier molecular flexibility index (Phi) is 4.51. The number of nitrogens with zero attached hydrogens (tertiary/aromatic N) is 4. The van der Waals surface area contributed by atoms with Gasteiger partial charge in [0.2, 0.25) is 0 Å². The van der Waals surface area contributed by atoms with Gasteiger partial charge in [0.05, 0.1) is 6.20 Å². The van der Waals surface area contributed by atoms with Crippen molar-refractivity contribution in [1.82, 2.24) is 25.2 Å². The molecular weight excluding hydrogens is 268 g/mol. The minimum Gasteiger partial charge on any atom is -0.322 e. The van der Waals surface area contributed by atoms with Gasteiger partial charge in [-0.05, 0) is 19.3 Å². The summed E-state index contributed by atoms with van der Waals surface area (Å²) in [6.45, 7) is 12.8. The molecule has 1 aromatic heterocycles. The van der Waals surface area contributed by atoms with Gasteiger partial charge in [-0.25, -0.2) is 9.48 Å². The molecule has 1 atom stereocenters. The molecule has 2 heterocycles. The lowest BCUT2D eigenvalue weighted by molar-refractivity contribution is 0.149. The van der Waals surface area contributed by atoms with E-state index < -0.39 is 0 Å². The summed E-state index contributed by atoms with van der Waals surface area (Å²) in [5.41, 5.74) is 0.125. The van der Waals surface area contributed by atoms with Crippen LogP contribution in [0.5, 0.6) is 0 Å². The summed E-state index contributed by atoms with van der Waals surface area (Å²) < 4.78 is 1.73. The predicted octanol–water partition coefficient (Wildman–Crippen LogP) is 1.71. The van der Waals surface area contributed by atoms with Gasteiger partial charge in [-0.1, -0.05) is 26.0 Å². The molecule has 0 saturated carbocycles. The SMILES string of the molecule is CC(C)n1cc(NC(=O)N2CCNC(C(C)(C)C)C2)nn1. The molecule has 2 amide bonds. The van der Waals surface area contributed by atoms with Crippen LogP contribution in [0.2, 0.25) is 0 Å². The number of rotatable bonds is 2. The van der Waals surface area contributed by atoms with Crippen molar-refractivity contribution in [2.24, 2.45) is 5.41 Å². The third kappa shape index (κ3) is 3.93. The lowest BCUT2D eigenvalue weighted by Gasteiger charge is -2.40. The van der Waals surface area contributed by atoms with Crippen LogP contribution in [0.1, 0.15) is 40.7 Å². The molecule has 1 fully saturated rings. The van der Waals surface area contributed by atoms with Crippen LogP contribution in [0.15, 0.2) is 6.20 Å². The van der Waals surface area contributed by atoms with Crippen molar-refractivity contribution in [3.8, 4) is 0 Å². The Morgan fingerprint density at radius 2 is 2.19 bits per heavy atom. The summed E-state index contributed by atoms with van der Waals surface area (Å²) in [6.07, 6.45) is 1.76. The third-order valence-electron chi connectivity index (χ3n) is 3.78. The largest absolute Gasteiger partial charge is 0.323 e. The minimum absolute atomic E-state index is 0.110. The van der Waals surface area contributed by atoms with Gasteiger partial charge in [0.15, 0.2) is 5.82 Å². The molecule has 0 bridgehead atoms. The average molecular weight is 294 g/mol. The Labute approximate surface area is 126 Å². The van der Waals surface area contributed by atoms with E-state index in [-0.39, 0.29) is 17.5 Å². The van der Waals surface area contributed by atoms with E-state index in [1.54, 1.807) is 10.9 Å². The summed E-state index contributed by atoms with van der Waals surface area (Å²) >= 11 is 0. The van der Waals surface area contributed by atoms with Crippen molar-refractivity contribution in [3.05, 3.63) is 6.20 Å². The first kappa shape index (κ1) is 15.8. The van der Waals surface area contributed by atoms with Crippen molar-refractivity contribution in [2.45, 2.75) is 46.7 Å². The lowest BCUT2D eigenvalue weighted by Crippen LogP contribution is -2.57. The van der Waals surface area contributed by atoms with Crippen molar-refractivity contribution in [2.75, 3.05) is 25.0 Å². The quantitative estimate of drug-likeness (QED) is 0.871. The number of amides is 2. The van der Waals surface area contributed by atoms with Gasteiger partial charge in [0.1, 0.15) is 0 Å². The number of carbonyl (C=O) groups excluding carboxylic acids is 1. The van der Waals surface area contributed by atoms with Crippen molar-refractivity contribution < 1.29 is 4.79 Å². The van der Waals surface area contributed by atoms with Crippen LogP contribution in [0.25, 0.3) is 0 Å². The Bertz CT molecular complexity index is 490. The summed E-state index contributed by atoms with van der Waals surface area (Å²) in [5, 5.41) is 14.3. The number of hydrogen-bond acceptors (Lipinski definition) is 4. The maximum Gasteiger partial charge on any atom is 0.323 e. The van der Waals surface area contributed by atoms with Crippen LogP contribution < -0.4 is 10.6 Å². The first-order chi connectivity index (χ1) is 9.77. The predicted molar refractivity (Wildman–Crippen MR) is 82.2 cm³/mol. The molecule has 1 aliphatic rings. The van der Waals surface area contributed by atoms with Gasteiger partial charge >= 0.3 is 6.03 Å². The molecule has 0 spiro atoms. The standard InChI is InChI=1S/C14H26N6O/c1-10(2)20-9-12(17-18-20)16-13(21)19-7-6-15-11(8-19)14(3,4)5/h9-11,15H,6-8H2,1-5H3,(H,16,21). The number of urea groups is 1. The molecule has 1 saturated heterocycles. The van der Waals surface area contributed by atoms with Crippen LogP contribution in [0.4, 0.5) is 10.6 Å². The van der Waals surface area contributed by atoms with Crippen molar-refractivity contribution >= 4 is 11.8 Å². The van der Waals surface area contributed by atoms with Gasteiger partial charge in [-0.15, -0.1) is 5.10 Å². The number of nitrogens with one attached hydrogen (secondary N) is 2. The smallest absolute Gasteiger partial charge is 0.322 e. The molecule has 118 valence electrons. The van der Waals surface area contributed by atoms with Gasteiger partial charge < -0.3 is 10.2 Å².